The van der Waals surface area contributed by atoms with Crippen LogP contribution in [0.2, 0.25) is 0 Å². The quantitative estimate of drug-likeness (QED) is 0.394. The Bertz CT molecular complexity index is 1470. The average molecular weight is 515 g/mol. The summed E-state index contributed by atoms with van der Waals surface area (Å²) < 4.78 is 21.9. The van der Waals surface area contributed by atoms with E-state index >= 15 is 0 Å². The standard InChI is InChI=1S/C24H26N4O5S2/c1-13-7-9-15(31-5)19-21(13)34-23(27(19)3)25-17(29)11-33-12-18(30)26-24-28(4)20-16(32-6)10-8-14(2)22(20)35-24/h7-10H,11-12H2,1-6H3. The molecular formula is C24H26N4O5S2. The summed E-state index contributed by atoms with van der Waals surface area (Å²) in [5.41, 5.74) is 3.89. The molecule has 2 aromatic carbocycles. The first-order valence-corrected chi connectivity index (χ1v) is 12.4. The Kier molecular flexibility index (Phi) is 7.20. The third-order valence-electron chi connectivity index (χ3n) is 5.55. The molecule has 0 spiro atoms. The molecule has 0 aliphatic heterocycles. The molecule has 9 nitrogen and oxygen atoms in total. The Morgan fingerprint density at radius 2 is 1.17 bits per heavy atom. The fourth-order valence-electron chi connectivity index (χ4n) is 3.74. The van der Waals surface area contributed by atoms with Crippen molar-refractivity contribution in [3.05, 3.63) is 45.0 Å². The Morgan fingerprint density at radius 3 is 1.54 bits per heavy atom. The third kappa shape index (κ3) is 4.79. The smallest absolute Gasteiger partial charge is 0.274 e. The van der Waals surface area contributed by atoms with Gasteiger partial charge in [0.15, 0.2) is 9.60 Å². The van der Waals surface area contributed by atoms with Crippen LogP contribution in [0.25, 0.3) is 20.4 Å². The molecule has 184 valence electrons. The van der Waals surface area contributed by atoms with Gasteiger partial charge >= 0.3 is 0 Å². The van der Waals surface area contributed by atoms with E-state index in [1.807, 2.05) is 61.3 Å². The highest BCUT2D eigenvalue weighted by molar-refractivity contribution is 7.17. The van der Waals surface area contributed by atoms with Crippen LogP contribution >= 0.6 is 22.7 Å². The summed E-state index contributed by atoms with van der Waals surface area (Å²) in [4.78, 5) is 34.2. The van der Waals surface area contributed by atoms with Crippen LogP contribution in [0.1, 0.15) is 11.1 Å². The summed E-state index contributed by atoms with van der Waals surface area (Å²) in [6.07, 6.45) is 0. The highest BCUT2D eigenvalue weighted by atomic mass is 32.1. The van der Waals surface area contributed by atoms with Crippen molar-refractivity contribution in [3.8, 4) is 11.5 Å². The number of hydrogen-bond donors (Lipinski definition) is 0. The second kappa shape index (κ2) is 10.1. The lowest BCUT2D eigenvalue weighted by atomic mass is 10.2. The van der Waals surface area contributed by atoms with E-state index < -0.39 is 11.8 Å². The number of methoxy groups -OCH3 is 2. The molecule has 4 rings (SSSR count). The first kappa shape index (κ1) is 24.8. The van der Waals surface area contributed by atoms with E-state index in [1.165, 1.54) is 22.7 Å². The van der Waals surface area contributed by atoms with E-state index in [0.29, 0.717) is 21.1 Å². The Labute approximate surface area is 209 Å². The summed E-state index contributed by atoms with van der Waals surface area (Å²) in [6, 6.07) is 7.72. The molecule has 0 unspecified atom stereocenters. The van der Waals surface area contributed by atoms with Gasteiger partial charge in [0.2, 0.25) is 0 Å². The predicted octanol–water partition coefficient (Wildman–Crippen LogP) is 3.00. The van der Waals surface area contributed by atoms with Gasteiger partial charge in [-0.1, -0.05) is 34.8 Å². The van der Waals surface area contributed by atoms with Crippen molar-refractivity contribution in [2.75, 3.05) is 27.4 Å². The molecule has 2 heterocycles. The highest BCUT2D eigenvalue weighted by Gasteiger charge is 2.14. The van der Waals surface area contributed by atoms with E-state index in [9.17, 15) is 9.59 Å². The number of carbonyl (C=O) groups excluding carboxylic acids is 2. The van der Waals surface area contributed by atoms with Gasteiger partial charge in [-0.25, -0.2) is 0 Å². The van der Waals surface area contributed by atoms with Crippen LogP contribution in [0.4, 0.5) is 0 Å². The summed E-state index contributed by atoms with van der Waals surface area (Å²) in [7, 11) is 6.88. The lowest BCUT2D eigenvalue weighted by Crippen LogP contribution is -2.19. The minimum absolute atomic E-state index is 0.322. The number of aryl methyl sites for hydroxylation is 4. The van der Waals surface area contributed by atoms with Crippen LogP contribution in [0.3, 0.4) is 0 Å². The van der Waals surface area contributed by atoms with E-state index in [1.54, 1.807) is 14.2 Å². The van der Waals surface area contributed by atoms with Crippen LogP contribution in [0.5, 0.6) is 11.5 Å². The molecule has 2 aromatic heterocycles. The number of fused-ring (bicyclic) bond motifs is 2. The zero-order valence-electron chi connectivity index (χ0n) is 20.4. The molecule has 0 aliphatic carbocycles. The van der Waals surface area contributed by atoms with Crippen LogP contribution in [0, 0.1) is 13.8 Å². The van der Waals surface area contributed by atoms with Gasteiger partial charge in [0.25, 0.3) is 11.8 Å². The number of carbonyl (C=O) groups is 2. The van der Waals surface area contributed by atoms with Gasteiger partial charge in [-0.15, -0.1) is 0 Å². The predicted molar refractivity (Wildman–Crippen MR) is 136 cm³/mol. The molecule has 35 heavy (non-hydrogen) atoms. The topological polar surface area (TPSA) is 96.4 Å². The van der Waals surface area contributed by atoms with Gasteiger partial charge in [-0.2, -0.15) is 9.98 Å². The largest absolute Gasteiger partial charge is 0.495 e. The fraction of sp³-hybridized carbons (Fsp3) is 0.333. The van der Waals surface area contributed by atoms with Gasteiger partial charge in [-0.05, 0) is 37.1 Å². The molecule has 0 saturated heterocycles. The van der Waals surface area contributed by atoms with Crippen molar-refractivity contribution in [3.63, 3.8) is 0 Å². The van der Waals surface area contributed by atoms with Gasteiger partial charge in [-0.3, -0.25) is 9.59 Å². The third-order valence-corrected chi connectivity index (χ3v) is 8.08. The minimum atomic E-state index is -0.482. The second-order valence-corrected chi connectivity index (χ2v) is 9.87. The normalized spacial score (nSPS) is 12.6. The second-order valence-electron chi connectivity index (χ2n) is 7.92. The molecule has 0 fully saturated rings. The maximum atomic E-state index is 12.4. The molecule has 0 radical (unpaired) electrons. The first-order chi connectivity index (χ1) is 16.7. The van der Waals surface area contributed by atoms with Crippen molar-refractivity contribution in [1.82, 2.24) is 9.13 Å². The van der Waals surface area contributed by atoms with Gasteiger partial charge in [0.05, 0.1) is 23.6 Å². The lowest BCUT2D eigenvalue weighted by Gasteiger charge is -2.05. The number of amides is 2. The van der Waals surface area contributed by atoms with Crippen molar-refractivity contribution in [2.45, 2.75) is 13.8 Å². The molecule has 0 saturated carbocycles. The molecule has 2 amide bonds. The molecule has 0 bridgehead atoms. The highest BCUT2D eigenvalue weighted by Crippen LogP contribution is 2.30. The van der Waals surface area contributed by atoms with E-state index in [-0.39, 0.29) is 13.2 Å². The molecule has 0 aliphatic rings. The minimum Gasteiger partial charge on any atom is -0.495 e. The number of hydrogen-bond acceptors (Lipinski definition) is 7. The molecule has 4 aromatic rings. The molecule has 0 atom stereocenters. The molecule has 11 heteroatoms. The molecular weight excluding hydrogens is 488 g/mol. The lowest BCUT2D eigenvalue weighted by molar-refractivity contribution is -0.127. The van der Waals surface area contributed by atoms with Crippen molar-refractivity contribution < 1.29 is 23.8 Å². The van der Waals surface area contributed by atoms with E-state index in [0.717, 1.165) is 31.6 Å². The first-order valence-electron chi connectivity index (χ1n) is 10.7. The number of thiazole rings is 2. The number of nitrogens with zero attached hydrogens (tertiary/aromatic N) is 4. The number of rotatable bonds is 6. The maximum absolute atomic E-state index is 12.4. The van der Waals surface area contributed by atoms with E-state index in [2.05, 4.69) is 9.98 Å². The number of ether oxygens (including phenoxy) is 3. The Morgan fingerprint density at radius 1 is 0.771 bits per heavy atom. The SMILES string of the molecule is COc1ccc(C)c2sc(=NC(=O)COCC(=O)N=c3sc4c(C)ccc(OC)c4n3C)n(C)c12. The monoisotopic (exact) mass is 514 g/mol. The zero-order chi connectivity index (χ0) is 25.3. The summed E-state index contributed by atoms with van der Waals surface area (Å²) in [5.74, 6) is 0.460. The number of aromatic nitrogens is 2. The van der Waals surface area contributed by atoms with E-state index in [4.69, 9.17) is 14.2 Å². The van der Waals surface area contributed by atoms with Crippen molar-refractivity contribution in [1.29, 1.82) is 0 Å². The summed E-state index contributed by atoms with van der Waals surface area (Å²) in [5, 5.41) is 0. The summed E-state index contributed by atoms with van der Waals surface area (Å²) in [6.45, 7) is 3.35. The van der Waals surface area contributed by atoms with Crippen molar-refractivity contribution in [2.24, 2.45) is 24.1 Å². The van der Waals surface area contributed by atoms with Crippen LogP contribution < -0.4 is 19.1 Å². The van der Waals surface area contributed by atoms with Gasteiger partial charge in [0.1, 0.15) is 35.7 Å². The van der Waals surface area contributed by atoms with Crippen LogP contribution in [-0.2, 0) is 28.4 Å². The Hall–Kier alpha value is -3.28. The van der Waals surface area contributed by atoms with Crippen LogP contribution in [0.15, 0.2) is 34.3 Å². The average Bonchev–Trinajstić information content (AvgIpc) is 3.33. The zero-order valence-corrected chi connectivity index (χ0v) is 22.0. The number of benzene rings is 2. The van der Waals surface area contributed by atoms with Gasteiger partial charge in [0, 0.05) is 14.1 Å². The summed E-state index contributed by atoms with van der Waals surface area (Å²) >= 11 is 2.80. The molecule has 0 N–H and O–H groups in total. The van der Waals surface area contributed by atoms with Crippen LogP contribution in [-0.4, -0.2) is 48.4 Å². The Balaban J connectivity index is 1.49. The maximum Gasteiger partial charge on any atom is 0.274 e. The van der Waals surface area contributed by atoms with Crippen molar-refractivity contribution >= 4 is 54.9 Å². The fourth-order valence-corrected chi connectivity index (χ4v) is 5.98. The van der Waals surface area contributed by atoms with Gasteiger partial charge < -0.3 is 23.3 Å².